The van der Waals surface area contributed by atoms with Crippen molar-refractivity contribution < 1.29 is 18.3 Å². The van der Waals surface area contributed by atoms with Gasteiger partial charge in [0.25, 0.3) is 0 Å². The van der Waals surface area contributed by atoms with Crippen molar-refractivity contribution in [2.75, 3.05) is 7.11 Å². The molecular weight excluding hydrogens is 228 g/mol. The number of hydrogen-bond acceptors (Lipinski definition) is 3. The minimum Gasteiger partial charge on any atom is -0.468 e. The second-order valence-electron chi connectivity index (χ2n) is 4.53. The van der Waals surface area contributed by atoms with Crippen molar-refractivity contribution in [3.63, 3.8) is 0 Å². The molecule has 2 aliphatic rings. The summed E-state index contributed by atoms with van der Waals surface area (Å²) in [6.45, 7) is 0.229. The van der Waals surface area contributed by atoms with Crippen LogP contribution in [0.25, 0.3) is 0 Å². The number of ether oxygens (including phenoxy) is 1. The fraction of sp³-hybridized carbons (Fsp3) is 0.417. The summed E-state index contributed by atoms with van der Waals surface area (Å²) in [7, 11) is 1.32. The molecule has 0 amide bonds. The lowest BCUT2D eigenvalue weighted by Gasteiger charge is -2.24. The average Bonchev–Trinajstić information content (AvgIpc) is 3.04. The van der Waals surface area contributed by atoms with E-state index in [0.29, 0.717) is 17.5 Å². The number of hydrogen-bond donors (Lipinski definition) is 1. The number of carbonyl (C=O) groups excluding carboxylic acids is 1. The molecule has 2 atom stereocenters. The van der Waals surface area contributed by atoms with Gasteiger partial charge in [0.05, 0.1) is 7.11 Å². The zero-order valence-corrected chi connectivity index (χ0v) is 9.22. The Hall–Kier alpha value is -1.49. The Morgan fingerprint density at radius 1 is 1.53 bits per heavy atom. The standard InChI is InChI=1S/C12H11F2NO2/c1-17-11(16)12-4-9(12)7-2-6(13)3-10(14)8(7)5-15-12/h2-3,9,15H,4-5H2,1H3/t9-,12-/m0/s1. The molecule has 90 valence electrons. The summed E-state index contributed by atoms with van der Waals surface area (Å²) in [6.07, 6.45) is 0.537. The molecule has 0 saturated heterocycles. The van der Waals surface area contributed by atoms with E-state index in [1.165, 1.54) is 13.2 Å². The van der Waals surface area contributed by atoms with Gasteiger partial charge in [-0.1, -0.05) is 0 Å². The number of fused-ring (bicyclic) bond motifs is 3. The summed E-state index contributed by atoms with van der Waals surface area (Å²) in [6, 6.07) is 2.18. The van der Waals surface area contributed by atoms with E-state index in [9.17, 15) is 13.6 Å². The number of nitrogens with one attached hydrogen (secondary N) is 1. The van der Waals surface area contributed by atoms with E-state index >= 15 is 0 Å². The summed E-state index contributed by atoms with van der Waals surface area (Å²) in [5.74, 6) is -1.70. The zero-order chi connectivity index (χ0) is 12.2. The first-order valence-electron chi connectivity index (χ1n) is 5.40. The molecule has 0 spiro atoms. The Morgan fingerprint density at radius 3 is 3.00 bits per heavy atom. The van der Waals surface area contributed by atoms with E-state index in [4.69, 9.17) is 4.74 Å². The molecule has 3 rings (SSSR count). The highest BCUT2D eigenvalue weighted by Gasteiger charge is 2.64. The lowest BCUT2D eigenvalue weighted by molar-refractivity contribution is -0.144. The van der Waals surface area contributed by atoms with Gasteiger partial charge in [0.15, 0.2) is 0 Å². The van der Waals surface area contributed by atoms with E-state index in [-0.39, 0.29) is 18.4 Å². The van der Waals surface area contributed by atoms with Crippen molar-refractivity contribution >= 4 is 5.97 Å². The van der Waals surface area contributed by atoms with Crippen molar-refractivity contribution in [2.45, 2.75) is 24.4 Å². The summed E-state index contributed by atoms with van der Waals surface area (Å²) >= 11 is 0. The molecule has 1 aromatic carbocycles. The molecule has 1 N–H and O–H groups in total. The van der Waals surface area contributed by atoms with Gasteiger partial charge in [-0.25, -0.2) is 8.78 Å². The molecule has 1 aromatic rings. The molecular formula is C12H11F2NO2. The summed E-state index contributed by atoms with van der Waals surface area (Å²) in [4.78, 5) is 11.6. The van der Waals surface area contributed by atoms with Crippen LogP contribution in [0.2, 0.25) is 0 Å². The molecule has 1 fully saturated rings. The maximum absolute atomic E-state index is 13.5. The molecule has 1 aliphatic carbocycles. The minimum atomic E-state index is -0.762. The average molecular weight is 239 g/mol. The van der Waals surface area contributed by atoms with E-state index in [1.54, 1.807) is 0 Å². The van der Waals surface area contributed by atoms with Crippen molar-refractivity contribution in [3.8, 4) is 0 Å². The normalized spacial score (nSPS) is 29.2. The van der Waals surface area contributed by atoms with E-state index in [1.807, 2.05) is 0 Å². The predicted molar refractivity (Wildman–Crippen MR) is 55.3 cm³/mol. The SMILES string of the molecule is COC(=O)[C@]12C[C@H]1c1cc(F)cc(F)c1CN2. The maximum Gasteiger partial charge on any atom is 0.326 e. The zero-order valence-electron chi connectivity index (χ0n) is 9.22. The molecule has 1 heterocycles. The smallest absolute Gasteiger partial charge is 0.326 e. The van der Waals surface area contributed by atoms with Crippen molar-refractivity contribution in [2.24, 2.45) is 0 Å². The number of methoxy groups -OCH3 is 1. The topological polar surface area (TPSA) is 38.3 Å². The first-order valence-corrected chi connectivity index (χ1v) is 5.40. The van der Waals surface area contributed by atoms with Crippen LogP contribution in [0.4, 0.5) is 8.78 Å². The van der Waals surface area contributed by atoms with Crippen molar-refractivity contribution in [1.29, 1.82) is 0 Å². The number of rotatable bonds is 1. The number of benzene rings is 1. The van der Waals surface area contributed by atoms with Crippen LogP contribution in [0.5, 0.6) is 0 Å². The van der Waals surface area contributed by atoms with Crippen LogP contribution in [0, 0.1) is 11.6 Å². The molecule has 0 aromatic heterocycles. The van der Waals surface area contributed by atoms with Gasteiger partial charge in [0.2, 0.25) is 0 Å². The highest BCUT2D eigenvalue weighted by Crippen LogP contribution is 2.55. The molecule has 0 radical (unpaired) electrons. The quantitative estimate of drug-likeness (QED) is 0.754. The highest BCUT2D eigenvalue weighted by molar-refractivity contribution is 5.87. The maximum atomic E-state index is 13.5. The number of carbonyl (C=O) groups is 1. The Labute approximate surface area is 96.8 Å². The fourth-order valence-corrected chi connectivity index (χ4v) is 2.68. The summed E-state index contributed by atoms with van der Waals surface area (Å²) < 4.78 is 31.4. The first-order chi connectivity index (χ1) is 8.08. The summed E-state index contributed by atoms with van der Waals surface area (Å²) in [5.41, 5.74) is 0.280. The molecule has 1 saturated carbocycles. The van der Waals surface area contributed by atoms with Gasteiger partial charge in [0.1, 0.15) is 17.2 Å². The first kappa shape index (κ1) is 10.7. The lowest BCUT2D eigenvalue weighted by Crippen LogP contribution is -2.44. The second-order valence-corrected chi connectivity index (χ2v) is 4.53. The van der Waals surface area contributed by atoms with Gasteiger partial charge in [-0.3, -0.25) is 10.1 Å². The lowest BCUT2D eigenvalue weighted by atomic mass is 9.95. The third kappa shape index (κ3) is 1.32. The number of esters is 1. The Bertz CT molecular complexity index is 517. The van der Waals surface area contributed by atoms with Gasteiger partial charge in [-0.05, 0) is 18.1 Å². The molecule has 1 aliphatic heterocycles. The monoisotopic (exact) mass is 239 g/mol. The second kappa shape index (κ2) is 3.26. The van der Waals surface area contributed by atoms with Gasteiger partial charge in [0, 0.05) is 24.1 Å². The Morgan fingerprint density at radius 2 is 2.29 bits per heavy atom. The number of halogens is 2. The van der Waals surface area contributed by atoms with Crippen LogP contribution in [0.15, 0.2) is 12.1 Å². The molecule has 0 unspecified atom stereocenters. The van der Waals surface area contributed by atoms with Gasteiger partial charge in [-0.15, -0.1) is 0 Å². The van der Waals surface area contributed by atoms with Crippen LogP contribution in [0.1, 0.15) is 23.5 Å². The molecule has 5 heteroatoms. The third-order valence-corrected chi connectivity index (χ3v) is 3.66. The Kier molecular flexibility index (Phi) is 2.04. The van der Waals surface area contributed by atoms with E-state index in [0.717, 1.165) is 6.07 Å². The largest absolute Gasteiger partial charge is 0.468 e. The summed E-state index contributed by atoms with van der Waals surface area (Å²) in [5, 5.41) is 3.00. The molecule has 3 nitrogen and oxygen atoms in total. The fourth-order valence-electron chi connectivity index (χ4n) is 2.68. The molecule has 17 heavy (non-hydrogen) atoms. The van der Waals surface area contributed by atoms with Gasteiger partial charge in [-0.2, -0.15) is 0 Å². The minimum absolute atomic E-state index is 0.177. The van der Waals surface area contributed by atoms with E-state index in [2.05, 4.69) is 5.32 Å². The van der Waals surface area contributed by atoms with Crippen molar-refractivity contribution in [3.05, 3.63) is 34.9 Å². The van der Waals surface area contributed by atoms with Crippen LogP contribution >= 0.6 is 0 Å². The van der Waals surface area contributed by atoms with Crippen LogP contribution in [0.3, 0.4) is 0 Å². The predicted octanol–water partition coefficient (Wildman–Crippen LogP) is 1.47. The van der Waals surface area contributed by atoms with Crippen LogP contribution < -0.4 is 5.32 Å². The van der Waals surface area contributed by atoms with Crippen LogP contribution in [-0.2, 0) is 16.1 Å². The van der Waals surface area contributed by atoms with Crippen molar-refractivity contribution in [1.82, 2.24) is 5.32 Å². The van der Waals surface area contributed by atoms with E-state index < -0.39 is 17.2 Å². The third-order valence-electron chi connectivity index (χ3n) is 3.66. The van der Waals surface area contributed by atoms with Gasteiger partial charge >= 0.3 is 5.97 Å². The Balaban J connectivity index is 2.04. The highest BCUT2D eigenvalue weighted by atomic mass is 19.1. The van der Waals surface area contributed by atoms with Gasteiger partial charge < -0.3 is 4.74 Å². The molecule has 0 bridgehead atoms. The van der Waals surface area contributed by atoms with Crippen LogP contribution in [-0.4, -0.2) is 18.6 Å².